The molecule has 0 radical (unpaired) electrons. The van der Waals surface area contributed by atoms with E-state index in [0.717, 1.165) is 40.8 Å². The smallest absolute Gasteiger partial charge is 0.254 e. The van der Waals surface area contributed by atoms with Gasteiger partial charge in [0, 0.05) is 41.4 Å². The van der Waals surface area contributed by atoms with Crippen molar-refractivity contribution < 1.29 is 14.3 Å². The number of benzene rings is 2. The van der Waals surface area contributed by atoms with Gasteiger partial charge in [-0.15, -0.1) is 0 Å². The molecular formula is C28H27N5O3. The number of nitrogen functional groups attached to an aromatic ring is 1. The molecule has 0 aliphatic carbocycles. The van der Waals surface area contributed by atoms with Crippen LogP contribution in [-0.4, -0.2) is 39.0 Å². The van der Waals surface area contributed by atoms with E-state index in [0.29, 0.717) is 42.9 Å². The summed E-state index contributed by atoms with van der Waals surface area (Å²) in [6, 6.07) is 15.5. The van der Waals surface area contributed by atoms with Crippen molar-refractivity contribution in [3.8, 4) is 0 Å². The van der Waals surface area contributed by atoms with Gasteiger partial charge in [0.25, 0.3) is 5.91 Å². The first-order valence-electron chi connectivity index (χ1n) is 12.1. The van der Waals surface area contributed by atoms with Crippen molar-refractivity contribution in [1.29, 1.82) is 0 Å². The summed E-state index contributed by atoms with van der Waals surface area (Å²) in [7, 11) is 0. The van der Waals surface area contributed by atoms with Crippen LogP contribution in [-0.2, 0) is 29.2 Å². The van der Waals surface area contributed by atoms with Crippen LogP contribution in [0, 0.1) is 0 Å². The topological polar surface area (TPSA) is 103 Å². The quantitative estimate of drug-likeness (QED) is 0.441. The summed E-state index contributed by atoms with van der Waals surface area (Å²) in [5, 5.41) is 0.901. The lowest BCUT2D eigenvalue weighted by molar-refractivity contribution is 0.00841. The number of rotatable bonds is 6. The van der Waals surface area contributed by atoms with Crippen molar-refractivity contribution in [2.24, 2.45) is 0 Å². The molecule has 8 nitrogen and oxygen atoms in total. The standard InChI is InChI=1S/C28H27N5O3/c1-17(27-30-9-2-10-31-27)33(12-18-3-5-19(6-4-18)21-13-35-14-21)28(34)20-7-8-25-22(11-20)23-15-36-16-24(23)26(29)32-25/h2-11,17,21H,12-16H2,1H3,(H2,29,32)/t17-/m0/s1. The summed E-state index contributed by atoms with van der Waals surface area (Å²) < 4.78 is 10.9. The lowest BCUT2D eigenvalue weighted by Crippen LogP contribution is -2.34. The van der Waals surface area contributed by atoms with E-state index < -0.39 is 0 Å². The first-order valence-corrected chi connectivity index (χ1v) is 12.1. The number of carbonyl (C=O) groups excluding carboxylic acids is 1. The Labute approximate surface area is 209 Å². The summed E-state index contributed by atoms with van der Waals surface area (Å²) in [6.45, 7) is 4.83. The first-order chi connectivity index (χ1) is 17.6. The number of fused-ring (bicyclic) bond motifs is 3. The molecule has 2 aromatic heterocycles. The number of aromatic nitrogens is 3. The SMILES string of the molecule is C[C@@H](c1ncccn1)N(Cc1ccc(C2COC2)cc1)C(=O)c1ccc2nc(N)c3c(c2c1)COC3. The molecule has 6 rings (SSSR count). The molecule has 8 heteroatoms. The normalized spacial score (nSPS) is 15.9. The van der Waals surface area contributed by atoms with E-state index in [1.165, 1.54) is 5.56 Å². The third-order valence-electron chi connectivity index (χ3n) is 7.11. The zero-order chi connectivity index (χ0) is 24.6. The number of pyridine rings is 1. The van der Waals surface area contributed by atoms with Crippen LogP contribution in [0.5, 0.6) is 0 Å². The Bertz CT molecular complexity index is 1420. The molecule has 0 spiro atoms. The number of anilines is 1. The zero-order valence-corrected chi connectivity index (χ0v) is 20.1. The monoisotopic (exact) mass is 481 g/mol. The van der Waals surface area contributed by atoms with Gasteiger partial charge in [-0.3, -0.25) is 4.79 Å². The van der Waals surface area contributed by atoms with Gasteiger partial charge in [0.2, 0.25) is 0 Å². The maximum absolute atomic E-state index is 14.0. The summed E-state index contributed by atoms with van der Waals surface area (Å²) in [4.78, 5) is 29.2. The molecule has 2 N–H and O–H groups in total. The Hall–Kier alpha value is -3.88. The van der Waals surface area contributed by atoms with Crippen molar-refractivity contribution in [2.75, 3.05) is 18.9 Å². The predicted molar refractivity (Wildman–Crippen MR) is 135 cm³/mol. The number of amides is 1. The molecule has 1 saturated heterocycles. The Balaban J connectivity index is 1.35. The highest BCUT2D eigenvalue weighted by Crippen LogP contribution is 2.32. The molecule has 0 unspecified atom stereocenters. The zero-order valence-electron chi connectivity index (χ0n) is 20.1. The van der Waals surface area contributed by atoms with Gasteiger partial charge in [0.05, 0.1) is 38.0 Å². The number of nitrogens with two attached hydrogens (primary N) is 1. The number of carbonyl (C=O) groups is 1. The Kier molecular flexibility index (Phi) is 5.83. The third-order valence-corrected chi connectivity index (χ3v) is 7.11. The summed E-state index contributed by atoms with van der Waals surface area (Å²) in [6.07, 6.45) is 3.40. The minimum Gasteiger partial charge on any atom is -0.383 e. The van der Waals surface area contributed by atoms with Gasteiger partial charge in [-0.05, 0) is 47.9 Å². The highest BCUT2D eigenvalue weighted by Gasteiger charge is 2.27. The fourth-order valence-electron chi connectivity index (χ4n) is 4.84. The average Bonchev–Trinajstić information content (AvgIpc) is 3.38. The van der Waals surface area contributed by atoms with E-state index in [4.69, 9.17) is 15.2 Å². The van der Waals surface area contributed by atoms with Gasteiger partial charge < -0.3 is 20.1 Å². The van der Waals surface area contributed by atoms with Gasteiger partial charge in [-0.2, -0.15) is 0 Å². The predicted octanol–water partition coefficient (Wildman–Crippen LogP) is 4.15. The Morgan fingerprint density at radius 1 is 1.06 bits per heavy atom. The van der Waals surface area contributed by atoms with Gasteiger partial charge in [-0.25, -0.2) is 15.0 Å². The number of hydrogen-bond acceptors (Lipinski definition) is 7. The summed E-state index contributed by atoms with van der Waals surface area (Å²) in [5.74, 6) is 1.44. The van der Waals surface area contributed by atoms with Gasteiger partial charge in [0.1, 0.15) is 11.6 Å². The fourth-order valence-corrected chi connectivity index (χ4v) is 4.84. The Morgan fingerprint density at radius 2 is 1.81 bits per heavy atom. The van der Waals surface area contributed by atoms with Gasteiger partial charge >= 0.3 is 0 Å². The maximum atomic E-state index is 14.0. The van der Waals surface area contributed by atoms with Crippen molar-refractivity contribution in [3.63, 3.8) is 0 Å². The van der Waals surface area contributed by atoms with Crippen molar-refractivity contribution in [1.82, 2.24) is 19.9 Å². The van der Waals surface area contributed by atoms with Crippen LogP contribution in [0.1, 0.15) is 57.3 Å². The van der Waals surface area contributed by atoms with E-state index in [9.17, 15) is 4.79 Å². The second kappa shape index (κ2) is 9.29. The lowest BCUT2D eigenvalue weighted by Gasteiger charge is -2.29. The minimum atomic E-state index is -0.326. The van der Waals surface area contributed by atoms with Crippen LogP contribution in [0.25, 0.3) is 10.9 Å². The number of hydrogen-bond donors (Lipinski definition) is 1. The van der Waals surface area contributed by atoms with Crippen LogP contribution < -0.4 is 5.73 Å². The minimum absolute atomic E-state index is 0.0992. The van der Waals surface area contributed by atoms with Crippen LogP contribution in [0.3, 0.4) is 0 Å². The summed E-state index contributed by atoms with van der Waals surface area (Å²) in [5.41, 5.74) is 11.7. The number of ether oxygens (including phenoxy) is 2. The molecular weight excluding hydrogens is 454 g/mol. The molecule has 182 valence electrons. The van der Waals surface area contributed by atoms with E-state index >= 15 is 0 Å². The molecule has 2 aliphatic heterocycles. The molecule has 0 bridgehead atoms. The molecule has 36 heavy (non-hydrogen) atoms. The van der Waals surface area contributed by atoms with Crippen molar-refractivity contribution in [2.45, 2.75) is 38.6 Å². The second-order valence-corrected chi connectivity index (χ2v) is 9.37. The van der Waals surface area contributed by atoms with Gasteiger partial charge in [0.15, 0.2) is 0 Å². The largest absolute Gasteiger partial charge is 0.383 e. The van der Waals surface area contributed by atoms with Gasteiger partial charge in [-0.1, -0.05) is 24.3 Å². The third kappa shape index (κ3) is 4.08. The molecule has 1 atom stereocenters. The van der Waals surface area contributed by atoms with E-state index in [2.05, 4.69) is 39.2 Å². The van der Waals surface area contributed by atoms with Crippen LogP contribution >= 0.6 is 0 Å². The molecule has 2 aromatic carbocycles. The molecule has 0 saturated carbocycles. The Morgan fingerprint density at radius 3 is 2.53 bits per heavy atom. The van der Waals surface area contributed by atoms with E-state index in [1.54, 1.807) is 18.5 Å². The first kappa shape index (κ1) is 22.6. The van der Waals surface area contributed by atoms with Crippen molar-refractivity contribution in [3.05, 3.63) is 94.6 Å². The van der Waals surface area contributed by atoms with Crippen LogP contribution in [0.4, 0.5) is 5.82 Å². The second-order valence-electron chi connectivity index (χ2n) is 9.37. The van der Waals surface area contributed by atoms with E-state index in [1.807, 2.05) is 30.0 Å². The molecule has 1 fully saturated rings. The lowest BCUT2D eigenvalue weighted by atomic mass is 9.96. The summed E-state index contributed by atoms with van der Waals surface area (Å²) >= 11 is 0. The molecule has 1 amide bonds. The molecule has 2 aliphatic rings. The van der Waals surface area contributed by atoms with E-state index in [-0.39, 0.29) is 11.9 Å². The molecule has 4 aromatic rings. The number of nitrogens with zero attached hydrogens (tertiary/aromatic N) is 4. The van der Waals surface area contributed by atoms with Crippen LogP contribution in [0.2, 0.25) is 0 Å². The maximum Gasteiger partial charge on any atom is 0.254 e. The fraction of sp³-hybridized carbons (Fsp3) is 0.286. The van der Waals surface area contributed by atoms with Crippen LogP contribution in [0.15, 0.2) is 60.9 Å². The van der Waals surface area contributed by atoms with Crippen molar-refractivity contribution >= 4 is 22.6 Å². The molecule has 4 heterocycles. The average molecular weight is 482 g/mol. The highest BCUT2D eigenvalue weighted by atomic mass is 16.5. The highest BCUT2D eigenvalue weighted by molar-refractivity contribution is 5.99.